The van der Waals surface area contributed by atoms with E-state index in [0.29, 0.717) is 6.04 Å². The summed E-state index contributed by atoms with van der Waals surface area (Å²) in [6, 6.07) is 15.1. The highest BCUT2D eigenvalue weighted by atomic mass is 15.2. The number of nitrogens with one attached hydrogen (secondary N) is 2. The van der Waals surface area contributed by atoms with Crippen LogP contribution < -0.4 is 10.6 Å². The van der Waals surface area contributed by atoms with Crippen LogP contribution in [0.15, 0.2) is 59.9 Å². The molecule has 0 saturated carbocycles. The van der Waals surface area contributed by atoms with Crippen molar-refractivity contribution >= 4 is 11.6 Å². The Kier molecular flexibility index (Phi) is 6.47. The molecule has 0 saturated heterocycles. The average Bonchev–Trinajstić information content (AvgIpc) is 3.11. The van der Waals surface area contributed by atoms with Gasteiger partial charge in [0.2, 0.25) is 0 Å². The van der Waals surface area contributed by atoms with Crippen molar-refractivity contribution in [3.05, 3.63) is 71.7 Å². The molecule has 0 aliphatic heterocycles. The van der Waals surface area contributed by atoms with Crippen LogP contribution in [0.2, 0.25) is 0 Å². The second-order valence-corrected chi connectivity index (χ2v) is 6.97. The Morgan fingerprint density at radius 3 is 2.70 bits per heavy atom. The van der Waals surface area contributed by atoms with Crippen LogP contribution in [-0.2, 0) is 12.8 Å². The molecule has 0 radical (unpaired) electrons. The fourth-order valence-corrected chi connectivity index (χ4v) is 3.16. The Labute approximate surface area is 161 Å². The Morgan fingerprint density at radius 1 is 1.15 bits per heavy atom. The van der Waals surface area contributed by atoms with Crippen molar-refractivity contribution in [1.29, 1.82) is 0 Å². The van der Waals surface area contributed by atoms with Crippen LogP contribution >= 0.6 is 0 Å². The summed E-state index contributed by atoms with van der Waals surface area (Å²) in [5.41, 5.74) is 4.69. The van der Waals surface area contributed by atoms with Gasteiger partial charge in [0.1, 0.15) is 5.65 Å². The first-order valence-electron chi connectivity index (χ1n) is 9.60. The Bertz CT molecular complexity index is 882. The standard InChI is InChI=1S/C22H29N5/c1-17-8-7-15-27-16-20(26-21(17)27)13-14-24-22(23-3)25-18(2)11-12-19-9-5-4-6-10-19/h4-10,15-16,18H,11-14H2,1-3H3,(H2,23,24,25). The average molecular weight is 364 g/mol. The highest BCUT2D eigenvalue weighted by Crippen LogP contribution is 2.10. The van der Waals surface area contributed by atoms with Gasteiger partial charge >= 0.3 is 0 Å². The van der Waals surface area contributed by atoms with Crippen LogP contribution in [-0.4, -0.2) is 35.0 Å². The minimum atomic E-state index is 0.356. The van der Waals surface area contributed by atoms with Gasteiger partial charge in [-0.1, -0.05) is 36.4 Å². The Hall–Kier alpha value is -2.82. The molecule has 2 heterocycles. The van der Waals surface area contributed by atoms with E-state index in [2.05, 4.69) is 82.5 Å². The lowest BCUT2D eigenvalue weighted by Gasteiger charge is -2.17. The molecule has 27 heavy (non-hydrogen) atoms. The largest absolute Gasteiger partial charge is 0.356 e. The summed E-state index contributed by atoms with van der Waals surface area (Å²) in [6.45, 7) is 5.08. The van der Waals surface area contributed by atoms with E-state index in [1.165, 1.54) is 11.1 Å². The van der Waals surface area contributed by atoms with Crippen LogP contribution in [0.1, 0.15) is 30.2 Å². The number of hydrogen-bond acceptors (Lipinski definition) is 2. The molecule has 3 rings (SSSR count). The zero-order valence-corrected chi connectivity index (χ0v) is 16.4. The molecule has 1 atom stereocenters. The Morgan fingerprint density at radius 2 is 1.96 bits per heavy atom. The number of rotatable bonds is 7. The number of imidazole rings is 1. The lowest BCUT2D eigenvalue weighted by molar-refractivity contribution is 0.593. The SMILES string of the molecule is CN=C(NCCc1cn2cccc(C)c2n1)NC(C)CCc1ccccc1. The van der Waals surface area contributed by atoms with E-state index in [-0.39, 0.29) is 0 Å². The molecule has 2 N–H and O–H groups in total. The third kappa shape index (κ3) is 5.33. The zero-order valence-electron chi connectivity index (χ0n) is 16.4. The smallest absolute Gasteiger partial charge is 0.191 e. The summed E-state index contributed by atoms with van der Waals surface area (Å²) >= 11 is 0. The van der Waals surface area contributed by atoms with Gasteiger partial charge in [0.05, 0.1) is 5.69 Å². The molecular formula is C22H29N5. The first kappa shape index (κ1) is 19.0. The second kappa shape index (κ2) is 9.21. The summed E-state index contributed by atoms with van der Waals surface area (Å²) in [6.07, 6.45) is 7.13. The van der Waals surface area contributed by atoms with E-state index < -0.39 is 0 Å². The molecule has 0 fully saturated rings. The van der Waals surface area contributed by atoms with E-state index in [0.717, 1.165) is 43.1 Å². The number of aryl methyl sites for hydroxylation is 2. The van der Waals surface area contributed by atoms with E-state index in [9.17, 15) is 0 Å². The van der Waals surface area contributed by atoms with Gasteiger partial charge in [-0.2, -0.15) is 0 Å². The van der Waals surface area contributed by atoms with Crippen molar-refractivity contribution in [2.45, 2.75) is 39.2 Å². The van der Waals surface area contributed by atoms with Crippen LogP contribution in [0.3, 0.4) is 0 Å². The molecule has 0 aliphatic rings. The first-order chi connectivity index (χ1) is 13.2. The number of guanidine groups is 1. The van der Waals surface area contributed by atoms with Crippen LogP contribution in [0, 0.1) is 6.92 Å². The van der Waals surface area contributed by atoms with Crippen LogP contribution in [0.5, 0.6) is 0 Å². The molecule has 0 bridgehead atoms. The van der Waals surface area contributed by atoms with Crippen molar-refractivity contribution in [2.24, 2.45) is 4.99 Å². The maximum absolute atomic E-state index is 4.72. The summed E-state index contributed by atoms with van der Waals surface area (Å²) in [7, 11) is 1.81. The summed E-state index contributed by atoms with van der Waals surface area (Å²) in [5.74, 6) is 0.843. The minimum absolute atomic E-state index is 0.356. The predicted molar refractivity (Wildman–Crippen MR) is 112 cm³/mol. The van der Waals surface area contributed by atoms with Gasteiger partial charge in [0, 0.05) is 38.4 Å². The molecule has 0 aliphatic carbocycles. The number of pyridine rings is 1. The lowest BCUT2D eigenvalue weighted by atomic mass is 10.1. The monoisotopic (exact) mass is 363 g/mol. The number of benzene rings is 1. The van der Waals surface area contributed by atoms with Gasteiger partial charge in [-0.25, -0.2) is 4.98 Å². The molecule has 1 unspecified atom stereocenters. The van der Waals surface area contributed by atoms with Gasteiger partial charge < -0.3 is 15.0 Å². The van der Waals surface area contributed by atoms with E-state index in [4.69, 9.17) is 4.98 Å². The minimum Gasteiger partial charge on any atom is -0.356 e. The Balaban J connectivity index is 1.45. The molecule has 3 aromatic rings. The van der Waals surface area contributed by atoms with Crippen LogP contribution in [0.25, 0.3) is 5.65 Å². The number of fused-ring (bicyclic) bond motifs is 1. The summed E-state index contributed by atoms with van der Waals surface area (Å²) in [4.78, 5) is 9.06. The fraction of sp³-hybridized carbons (Fsp3) is 0.364. The summed E-state index contributed by atoms with van der Waals surface area (Å²) in [5, 5.41) is 6.87. The van der Waals surface area contributed by atoms with Gasteiger partial charge in [-0.3, -0.25) is 4.99 Å². The van der Waals surface area contributed by atoms with Gasteiger partial charge in [-0.15, -0.1) is 0 Å². The molecule has 142 valence electrons. The predicted octanol–water partition coefficient (Wildman–Crippen LogP) is 3.37. The maximum atomic E-state index is 4.72. The van der Waals surface area contributed by atoms with Crippen molar-refractivity contribution < 1.29 is 0 Å². The van der Waals surface area contributed by atoms with Gasteiger partial charge in [0.15, 0.2) is 5.96 Å². The molecule has 5 nitrogen and oxygen atoms in total. The van der Waals surface area contributed by atoms with E-state index >= 15 is 0 Å². The van der Waals surface area contributed by atoms with Gasteiger partial charge in [-0.05, 0) is 43.9 Å². The van der Waals surface area contributed by atoms with Crippen molar-refractivity contribution in [3.63, 3.8) is 0 Å². The molecule has 0 spiro atoms. The zero-order chi connectivity index (χ0) is 19.1. The normalized spacial score (nSPS) is 12.9. The van der Waals surface area contributed by atoms with E-state index in [1.54, 1.807) is 0 Å². The molecule has 2 aromatic heterocycles. The number of nitrogens with zero attached hydrogens (tertiary/aromatic N) is 3. The fourth-order valence-electron chi connectivity index (χ4n) is 3.16. The molecular weight excluding hydrogens is 334 g/mol. The highest BCUT2D eigenvalue weighted by molar-refractivity contribution is 5.79. The molecule has 0 amide bonds. The molecule has 5 heteroatoms. The second-order valence-electron chi connectivity index (χ2n) is 6.97. The summed E-state index contributed by atoms with van der Waals surface area (Å²) < 4.78 is 2.09. The third-order valence-corrected chi connectivity index (χ3v) is 4.72. The topological polar surface area (TPSA) is 53.7 Å². The third-order valence-electron chi connectivity index (χ3n) is 4.72. The number of aromatic nitrogens is 2. The van der Waals surface area contributed by atoms with Crippen molar-refractivity contribution in [1.82, 2.24) is 20.0 Å². The maximum Gasteiger partial charge on any atom is 0.191 e. The van der Waals surface area contributed by atoms with E-state index in [1.807, 2.05) is 13.2 Å². The lowest BCUT2D eigenvalue weighted by Crippen LogP contribution is -2.43. The van der Waals surface area contributed by atoms with Gasteiger partial charge in [0.25, 0.3) is 0 Å². The number of aliphatic imine (C=N–C) groups is 1. The quantitative estimate of drug-likeness (QED) is 0.500. The van der Waals surface area contributed by atoms with Crippen molar-refractivity contribution in [2.75, 3.05) is 13.6 Å². The highest BCUT2D eigenvalue weighted by Gasteiger charge is 2.07. The number of hydrogen-bond donors (Lipinski definition) is 2. The molecule has 1 aromatic carbocycles. The van der Waals surface area contributed by atoms with Crippen LogP contribution in [0.4, 0.5) is 0 Å². The first-order valence-corrected chi connectivity index (χ1v) is 9.60. The van der Waals surface area contributed by atoms with Crippen molar-refractivity contribution in [3.8, 4) is 0 Å².